The number of alkyl halides is 3. The average Bonchev–Trinajstić information content (AvgIpc) is 3.10. The lowest BCUT2D eigenvalue weighted by molar-refractivity contribution is -0.137. The Kier molecular flexibility index (Phi) is 8.16. The van der Waals surface area contributed by atoms with Crippen molar-refractivity contribution in [3.05, 3.63) is 71.8 Å². The lowest BCUT2D eigenvalue weighted by Crippen LogP contribution is -2.36. The molecular formula is C27H30F3N7O. The Bertz CT molecular complexity index is 1290. The topological polar surface area (TPSA) is 110 Å². The van der Waals surface area contributed by atoms with Crippen molar-refractivity contribution in [3.8, 4) is 11.3 Å². The Hall–Kier alpha value is -4.12. The summed E-state index contributed by atoms with van der Waals surface area (Å²) in [6.07, 6.45) is -3.78. The molecule has 0 unspecified atom stereocenters. The zero-order valence-corrected chi connectivity index (χ0v) is 21.0. The average molecular weight is 526 g/mol. The predicted octanol–water partition coefficient (Wildman–Crippen LogP) is 4.91. The third-order valence-corrected chi connectivity index (χ3v) is 6.24. The maximum absolute atomic E-state index is 13.4. The van der Waals surface area contributed by atoms with Gasteiger partial charge in [-0.25, -0.2) is 9.78 Å². The van der Waals surface area contributed by atoms with Gasteiger partial charge in [0.25, 0.3) is 0 Å². The predicted molar refractivity (Wildman–Crippen MR) is 144 cm³/mol. The Morgan fingerprint density at radius 2 is 1.87 bits per heavy atom. The smallest absolute Gasteiger partial charge is 0.369 e. The molecule has 0 radical (unpaired) electrons. The number of hydrogen-bond donors (Lipinski definition) is 4. The highest BCUT2D eigenvalue weighted by Crippen LogP contribution is 2.36. The molecule has 0 spiro atoms. The number of amidine groups is 1. The first kappa shape index (κ1) is 26.9. The largest absolute Gasteiger partial charge is 0.416 e. The van der Waals surface area contributed by atoms with Crippen molar-refractivity contribution in [1.29, 1.82) is 5.41 Å². The minimum absolute atomic E-state index is 0.237. The third-order valence-electron chi connectivity index (χ3n) is 6.24. The molecule has 200 valence electrons. The number of urea groups is 1. The molecule has 2 heterocycles. The zero-order valence-electron chi connectivity index (χ0n) is 21.0. The molecule has 0 saturated carbocycles. The van der Waals surface area contributed by atoms with Crippen LogP contribution in [0, 0.1) is 5.41 Å². The first-order valence-corrected chi connectivity index (χ1v) is 12.4. The van der Waals surface area contributed by atoms with E-state index in [9.17, 15) is 18.0 Å². The number of carbonyl (C=O) groups excluding carboxylic acids is 1. The number of nitrogens with zero attached hydrogens (tertiary/aromatic N) is 3. The number of nitrogens with two attached hydrogens (primary N) is 1. The molecule has 8 nitrogen and oxygen atoms in total. The Morgan fingerprint density at radius 1 is 1.11 bits per heavy atom. The highest BCUT2D eigenvalue weighted by Gasteiger charge is 2.31. The van der Waals surface area contributed by atoms with Gasteiger partial charge in [0.05, 0.1) is 16.9 Å². The summed E-state index contributed by atoms with van der Waals surface area (Å²) >= 11 is 0. The molecule has 3 aromatic rings. The van der Waals surface area contributed by atoms with Crippen LogP contribution in [0.1, 0.15) is 24.5 Å². The lowest BCUT2D eigenvalue weighted by atomic mass is 10.1. The number of fused-ring (bicyclic) bond motifs is 1. The van der Waals surface area contributed by atoms with Gasteiger partial charge >= 0.3 is 12.2 Å². The summed E-state index contributed by atoms with van der Waals surface area (Å²) in [6.45, 7) is 4.69. The lowest BCUT2D eigenvalue weighted by Gasteiger charge is -2.25. The molecule has 4 rings (SSSR count). The minimum atomic E-state index is -4.47. The van der Waals surface area contributed by atoms with Gasteiger partial charge in [0.1, 0.15) is 5.84 Å². The number of aromatic nitrogens is 1. The molecule has 0 saturated heterocycles. The van der Waals surface area contributed by atoms with E-state index < -0.39 is 17.8 Å². The van der Waals surface area contributed by atoms with Gasteiger partial charge in [-0.3, -0.25) is 10.3 Å². The van der Waals surface area contributed by atoms with E-state index in [1.54, 1.807) is 36.4 Å². The van der Waals surface area contributed by atoms with Crippen LogP contribution in [0.2, 0.25) is 0 Å². The summed E-state index contributed by atoms with van der Waals surface area (Å²) in [5.41, 5.74) is 7.31. The fraction of sp³-hybridized carbons (Fsp3) is 0.296. The van der Waals surface area contributed by atoms with E-state index in [4.69, 9.17) is 11.1 Å². The molecule has 11 heteroatoms. The number of nitrogens with one attached hydrogen (secondary N) is 3. The molecule has 1 aliphatic rings. The van der Waals surface area contributed by atoms with Crippen LogP contribution in [-0.4, -0.2) is 49.6 Å². The number of halogens is 3. The molecule has 0 fully saturated rings. The van der Waals surface area contributed by atoms with Gasteiger partial charge in [0.15, 0.2) is 5.82 Å². The van der Waals surface area contributed by atoms with Crippen molar-refractivity contribution in [2.75, 3.05) is 47.8 Å². The summed E-state index contributed by atoms with van der Waals surface area (Å²) in [5.74, 6) is 0.627. The van der Waals surface area contributed by atoms with Crippen molar-refractivity contribution >= 4 is 29.1 Å². The summed E-state index contributed by atoms with van der Waals surface area (Å²) in [5, 5.41) is 13.8. The second-order valence-corrected chi connectivity index (χ2v) is 8.80. The Morgan fingerprint density at radius 3 is 2.55 bits per heavy atom. The number of amides is 2. The number of benzene rings is 2. The quantitative estimate of drug-likeness (QED) is 0.270. The van der Waals surface area contributed by atoms with Gasteiger partial charge in [0.2, 0.25) is 0 Å². The summed E-state index contributed by atoms with van der Waals surface area (Å²) < 4.78 is 39.9. The van der Waals surface area contributed by atoms with Gasteiger partial charge in [-0.1, -0.05) is 12.1 Å². The van der Waals surface area contributed by atoms with Gasteiger partial charge < -0.3 is 21.3 Å². The number of anilines is 3. The van der Waals surface area contributed by atoms with Crippen LogP contribution in [0.3, 0.4) is 0 Å². The van der Waals surface area contributed by atoms with Crippen LogP contribution in [0.25, 0.3) is 11.3 Å². The zero-order chi connectivity index (χ0) is 27.3. The molecule has 2 amide bonds. The summed E-state index contributed by atoms with van der Waals surface area (Å²) in [6, 6.07) is 15.0. The number of pyridine rings is 1. The van der Waals surface area contributed by atoms with Crippen LogP contribution in [-0.2, 0) is 6.18 Å². The van der Waals surface area contributed by atoms with Gasteiger partial charge in [-0.2, -0.15) is 13.2 Å². The molecule has 0 bridgehead atoms. The van der Waals surface area contributed by atoms with Crippen LogP contribution in [0.4, 0.5) is 35.2 Å². The van der Waals surface area contributed by atoms with Gasteiger partial charge in [0, 0.05) is 49.5 Å². The standard InChI is InChI=1S/C27H30F3N7O/c1-2-36-15-4-16-37(26(38)34-21-9-7-18(8-10-21)24(32)33-14-13-31)25-23(36)12-11-22(35-25)19-5-3-6-20(17-19)27(28,29)30/h3,5-12,17H,2,4,13-16,31H2,1H3,(H2,32,33)(H,34,38). The molecule has 38 heavy (non-hydrogen) atoms. The van der Waals surface area contributed by atoms with E-state index in [1.807, 2.05) is 13.0 Å². The molecule has 2 aromatic carbocycles. The van der Waals surface area contributed by atoms with Crippen LogP contribution in [0.15, 0.2) is 60.7 Å². The monoisotopic (exact) mass is 525 g/mol. The fourth-order valence-corrected chi connectivity index (χ4v) is 4.28. The van der Waals surface area contributed by atoms with Crippen LogP contribution >= 0.6 is 0 Å². The number of carbonyl (C=O) groups is 1. The molecule has 1 aromatic heterocycles. The van der Waals surface area contributed by atoms with E-state index in [0.29, 0.717) is 67.5 Å². The van der Waals surface area contributed by atoms with Crippen LogP contribution in [0.5, 0.6) is 0 Å². The highest BCUT2D eigenvalue weighted by atomic mass is 19.4. The third kappa shape index (κ3) is 6.05. The highest BCUT2D eigenvalue weighted by molar-refractivity contribution is 6.04. The summed E-state index contributed by atoms with van der Waals surface area (Å²) in [7, 11) is 0. The van der Waals surface area contributed by atoms with Crippen LogP contribution < -0.4 is 26.2 Å². The van der Waals surface area contributed by atoms with E-state index in [1.165, 1.54) is 11.0 Å². The second kappa shape index (κ2) is 11.5. The fourth-order valence-electron chi connectivity index (χ4n) is 4.28. The Balaban J connectivity index is 1.63. The van der Waals surface area contributed by atoms with Crippen molar-refractivity contribution in [2.24, 2.45) is 5.73 Å². The van der Waals surface area contributed by atoms with Crippen molar-refractivity contribution < 1.29 is 18.0 Å². The van der Waals surface area contributed by atoms with Gasteiger partial charge in [-0.15, -0.1) is 0 Å². The maximum atomic E-state index is 13.4. The first-order chi connectivity index (χ1) is 18.2. The van der Waals surface area contributed by atoms with Crippen molar-refractivity contribution in [3.63, 3.8) is 0 Å². The molecule has 5 N–H and O–H groups in total. The van der Waals surface area contributed by atoms with E-state index in [-0.39, 0.29) is 5.84 Å². The normalized spacial score (nSPS) is 13.5. The second-order valence-electron chi connectivity index (χ2n) is 8.80. The maximum Gasteiger partial charge on any atom is 0.416 e. The Labute approximate surface area is 219 Å². The van der Waals surface area contributed by atoms with E-state index >= 15 is 0 Å². The minimum Gasteiger partial charge on any atom is -0.369 e. The van der Waals surface area contributed by atoms with Crippen molar-refractivity contribution in [1.82, 2.24) is 10.3 Å². The van der Waals surface area contributed by atoms with E-state index in [0.717, 1.165) is 17.8 Å². The molecule has 0 aliphatic carbocycles. The molecular weight excluding hydrogens is 495 g/mol. The van der Waals surface area contributed by atoms with E-state index in [2.05, 4.69) is 20.5 Å². The molecule has 0 atom stereocenters. The number of hydrogen-bond acceptors (Lipinski definition) is 5. The summed E-state index contributed by atoms with van der Waals surface area (Å²) in [4.78, 5) is 21.7. The van der Waals surface area contributed by atoms with Gasteiger partial charge in [-0.05, 0) is 61.9 Å². The first-order valence-electron chi connectivity index (χ1n) is 12.4. The van der Waals surface area contributed by atoms with Crippen molar-refractivity contribution in [2.45, 2.75) is 19.5 Å². The number of rotatable bonds is 6. The SMILES string of the molecule is CCN1CCCN(C(=O)Nc2ccc(C(=N)NCCN)cc2)c2nc(-c3cccc(C(F)(F)F)c3)ccc21. The molecule has 1 aliphatic heterocycles.